The highest BCUT2D eigenvalue weighted by molar-refractivity contribution is 5.34. The van der Waals surface area contributed by atoms with Gasteiger partial charge in [0, 0.05) is 5.57 Å². The average Bonchev–Trinajstić information content (AvgIpc) is 2.79. The summed E-state index contributed by atoms with van der Waals surface area (Å²) in [4.78, 5) is 0. The summed E-state index contributed by atoms with van der Waals surface area (Å²) in [5, 5.41) is 0. The molecule has 0 aromatic heterocycles. The third-order valence-corrected chi connectivity index (χ3v) is 7.08. The molecule has 0 heterocycles. The maximum atomic E-state index is 15.0. The van der Waals surface area contributed by atoms with Crippen molar-refractivity contribution >= 4 is 0 Å². The van der Waals surface area contributed by atoms with Crippen molar-refractivity contribution in [2.75, 3.05) is 6.61 Å². The predicted molar refractivity (Wildman–Crippen MR) is 121 cm³/mol. The van der Waals surface area contributed by atoms with E-state index in [1.165, 1.54) is 6.92 Å². The number of allylic oxidation sites excluding steroid dienone is 2. The molecule has 1 nitrogen and oxygen atoms in total. The van der Waals surface area contributed by atoms with Crippen molar-refractivity contribution < 1.29 is 22.3 Å². The lowest BCUT2D eigenvalue weighted by Gasteiger charge is -2.30. The van der Waals surface area contributed by atoms with Crippen molar-refractivity contribution in [3.05, 3.63) is 70.9 Å². The molecule has 0 bridgehead atoms. The zero-order valence-electron chi connectivity index (χ0n) is 19.2. The standard InChI is InChI=1S/C27H34F4O/c1-16(2)24(28)25(29)18(4)15-32-21-11-9-20(10-12-21)23-14-13-22(26(30)27(23)31)19-7-5-17(3)6-8-19/h13-14,17,19-21H,1,4-12,15H2,2-3H3/b25-24-. The Morgan fingerprint density at radius 2 is 1.31 bits per heavy atom. The summed E-state index contributed by atoms with van der Waals surface area (Å²) in [6.45, 7) is 10.4. The lowest BCUT2D eigenvalue weighted by molar-refractivity contribution is 0.0381. The molecule has 32 heavy (non-hydrogen) atoms. The molecule has 0 spiro atoms. The smallest absolute Gasteiger partial charge is 0.163 e. The van der Waals surface area contributed by atoms with E-state index in [4.69, 9.17) is 4.74 Å². The molecule has 1 aromatic rings. The number of benzene rings is 1. The molecule has 2 fully saturated rings. The molecule has 0 saturated heterocycles. The van der Waals surface area contributed by atoms with E-state index in [1.807, 2.05) is 0 Å². The first-order chi connectivity index (χ1) is 15.2. The third kappa shape index (κ3) is 5.72. The number of halogens is 4. The Morgan fingerprint density at radius 1 is 0.844 bits per heavy atom. The van der Waals surface area contributed by atoms with E-state index in [0.29, 0.717) is 42.7 Å². The number of ether oxygens (including phenoxy) is 1. The summed E-state index contributed by atoms with van der Waals surface area (Å²) >= 11 is 0. The second kappa shape index (κ2) is 10.8. The molecule has 3 rings (SSSR count). The first-order valence-corrected chi connectivity index (χ1v) is 11.7. The van der Waals surface area contributed by atoms with Gasteiger partial charge in [0.1, 0.15) is 0 Å². The molecular formula is C27H34F4O. The Labute approximate surface area is 189 Å². The lowest BCUT2D eigenvalue weighted by Crippen LogP contribution is -2.22. The summed E-state index contributed by atoms with van der Waals surface area (Å²) in [7, 11) is 0. The van der Waals surface area contributed by atoms with Crippen LogP contribution >= 0.6 is 0 Å². The van der Waals surface area contributed by atoms with Crippen LogP contribution in [0.15, 0.2) is 48.1 Å². The quantitative estimate of drug-likeness (QED) is 0.298. The van der Waals surface area contributed by atoms with Crippen LogP contribution in [-0.4, -0.2) is 12.7 Å². The van der Waals surface area contributed by atoms with E-state index in [9.17, 15) is 17.6 Å². The van der Waals surface area contributed by atoms with Crippen molar-refractivity contribution in [3.63, 3.8) is 0 Å². The van der Waals surface area contributed by atoms with Crippen LogP contribution in [0.1, 0.15) is 88.2 Å². The van der Waals surface area contributed by atoms with Gasteiger partial charge in [0.25, 0.3) is 0 Å². The van der Waals surface area contributed by atoms with Crippen molar-refractivity contribution in [1.82, 2.24) is 0 Å². The van der Waals surface area contributed by atoms with E-state index in [2.05, 4.69) is 20.1 Å². The van der Waals surface area contributed by atoms with Crippen molar-refractivity contribution in [2.45, 2.75) is 83.2 Å². The summed E-state index contributed by atoms with van der Waals surface area (Å²) in [6, 6.07) is 3.55. The Bertz CT molecular complexity index is 872. The van der Waals surface area contributed by atoms with Gasteiger partial charge in [-0.1, -0.05) is 45.1 Å². The van der Waals surface area contributed by atoms with Gasteiger partial charge in [-0.15, -0.1) is 0 Å². The number of hydrogen-bond acceptors (Lipinski definition) is 1. The van der Waals surface area contributed by atoms with Gasteiger partial charge in [0.15, 0.2) is 23.3 Å². The molecule has 0 radical (unpaired) electrons. The summed E-state index contributed by atoms with van der Waals surface area (Å²) in [5.74, 6) is -2.73. The first kappa shape index (κ1) is 24.8. The molecule has 1 aromatic carbocycles. The van der Waals surface area contributed by atoms with Crippen molar-refractivity contribution in [3.8, 4) is 0 Å². The Hall–Kier alpha value is -1.88. The molecule has 176 valence electrons. The highest BCUT2D eigenvalue weighted by Gasteiger charge is 2.29. The maximum absolute atomic E-state index is 15.0. The fraction of sp³-hybridized carbons (Fsp3) is 0.556. The summed E-state index contributed by atoms with van der Waals surface area (Å²) in [6.07, 6.45) is 6.42. The Balaban J connectivity index is 1.56. The summed E-state index contributed by atoms with van der Waals surface area (Å²) in [5.41, 5.74) is 0.900. The molecule has 2 aliphatic carbocycles. The highest BCUT2D eigenvalue weighted by atomic mass is 19.2. The Morgan fingerprint density at radius 3 is 1.78 bits per heavy atom. The topological polar surface area (TPSA) is 9.23 Å². The molecule has 2 saturated carbocycles. The van der Waals surface area contributed by atoms with Crippen molar-refractivity contribution in [1.29, 1.82) is 0 Å². The van der Waals surface area contributed by atoms with E-state index >= 15 is 0 Å². The minimum absolute atomic E-state index is 0.00230. The number of hydrogen-bond donors (Lipinski definition) is 0. The normalized spacial score (nSPS) is 27.1. The molecular weight excluding hydrogens is 416 g/mol. The Kier molecular flexibility index (Phi) is 8.37. The predicted octanol–water partition coefficient (Wildman–Crippen LogP) is 8.58. The van der Waals surface area contributed by atoms with Crippen LogP contribution in [0.4, 0.5) is 17.6 Å². The molecule has 5 heteroatoms. The molecule has 0 atom stereocenters. The van der Waals surface area contributed by atoms with Crippen LogP contribution in [-0.2, 0) is 4.74 Å². The van der Waals surface area contributed by atoms with Crippen LogP contribution < -0.4 is 0 Å². The summed E-state index contributed by atoms with van der Waals surface area (Å²) < 4.78 is 63.1. The monoisotopic (exact) mass is 450 g/mol. The van der Waals surface area contributed by atoms with E-state index in [0.717, 1.165) is 25.7 Å². The highest BCUT2D eigenvalue weighted by Crippen LogP contribution is 2.40. The maximum Gasteiger partial charge on any atom is 0.163 e. The van der Waals surface area contributed by atoms with Gasteiger partial charge in [-0.3, -0.25) is 0 Å². The third-order valence-electron chi connectivity index (χ3n) is 7.08. The minimum atomic E-state index is -1.03. The molecule has 2 aliphatic rings. The van der Waals surface area contributed by atoms with Crippen LogP contribution in [0.25, 0.3) is 0 Å². The average molecular weight is 451 g/mol. The molecule has 0 unspecified atom stereocenters. The fourth-order valence-corrected chi connectivity index (χ4v) is 4.95. The molecule has 0 amide bonds. The van der Waals surface area contributed by atoms with Gasteiger partial charge in [0.05, 0.1) is 12.7 Å². The SMILES string of the molecule is C=C(C)/C(F)=C(/F)C(=C)COC1CCC(c2ccc(C3CCC(C)CC3)c(F)c2F)CC1. The number of rotatable bonds is 7. The van der Waals surface area contributed by atoms with Crippen LogP contribution in [0.2, 0.25) is 0 Å². The van der Waals surface area contributed by atoms with Crippen LogP contribution in [0.3, 0.4) is 0 Å². The zero-order valence-corrected chi connectivity index (χ0v) is 19.2. The first-order valence-electron chi connectivity index (χ1n) is 11.7. The van der Waals surface area contributed by atoms with Gasteiger partial charge < -0.3 is 4.74 Å². The van der Waals surface area contributed by atoms with Gasteiger partial charge >= 0.3 is 0 Å². The van der Waals surface area contributed by atoms with E-state index in [-0.39, 0.29) is 35.7 Å². The van der Waals surface area contributed by atoms with Crippen molar-refractivity contribution in [2.24, 2.45) is 5.92 Å². The van der Waals surface area contributed by atoms with Crippen LogP contribution in [0, 0.1) is 17.6 Å². The molecule has 0 N–H and O–H groups in total. The van der Waals surface area contributed by atoms with Gasteiger partial charge in [-0.25, -0.2) is 17.6 Å². The molecule has 0 aliphatic heterocycles. The van der Waals surface area contributed by atoms with Gasteiger partial charge in [0.2, 0.25) is 0 Å². The van der Waals surface area contributed by atoms with Gasteiger partial charge in [-0.2, -0.15) is 0 Å². The second-order valence-electron chi connectivity index (χ2n) is 9.63. The lowest BCUT2D eigenvalue weighted by atomic mass is 9.77. The largest absolute Gasteiger partial charge is 0.373 e. The minimum Gasteiger partial charge on any atom is -0.373 e. The van der Waals surface area contributed by atoms with Crippen LogP contribution in [0.5, 0.6) is 0 Å². The second-order valence-corrected chi connectivity index (χ2v) is 9.63. The fourth-order valence-electron chi connectivity index (χ4n) is 4.95. The zero-order chi connectivity index (χ0) is 23.4. The van der Waals surface area contributed by atoms with Gasteiger partial charge in [-0.05, 0) is 79.9 Å². The van der Waals surface area contributed by atoms with E-state index < -0.39 is 23.3 Å². The van der Waals surface area contributed by atoms with E-state index in [1.54, 1.807) is 12.1 Å².